The van der Waals surface area contributed by atoms with Gasteiger partial charge in [-0.05, 0) is 54.1 Å². The Hall–Kier alpha value is -3.83. The molecule has 4 rings (SSSR count). The fourth-order valence-electron chi connectivity index (χ4n) is 3.75. The predicted molar refractivity (Wildman–Crippen MR) is 118 cm³/mol. The van der Waals surface area contributed by atoms with Gasteiger partial charge in [0.1, 0.15) is 35.7 Å². The summed E-state index contributed by atoms with van der Waals surface area (Å²) in [5.41, 5.74) is 0.898. The molecule has 1 saturated heterocycles. The highest BCUT2D eigenvalue weighted by Gasteiger charge is 2.28. The molecule has 1 aromatic heterocycles. The third kappa shape index (κ3) is 5.33. The van der Waals surface area contributed by atoms with E-state index in [2.05, 4.69) is 11.0 Å². The molecule has 170 valence electrons. The minimum Gasteiger partial charge on any atom is -0.497 e. The smallest absolute Gasteiger partial charge is 0.289 e. The molecule has 0 saturated carbocycles. The molecule has 0 N–H and O–H groups in total. The first kappa shape index (κ1) is 22.4. The van der Waals surface area contributed by atoms with Crippen molar-refractivity contribution in [3.05, 3.63) is 83.6 Å². The molecule has 0 spiro atoms. The summed E-state index contributed by atoms with van der Waals surface area (Å²) in [6.45, 7) is 2.29. The third-order valence-electron chi connectivity index (χ3n) is 5.59. The second-order valence-electron chi connectivity index (χ2n) is 7.64. The maximum absolute atomic E-state index is 13.0. The van der Waals surface area contributed by atoms with Crippen LogP contribution in [0.5, 0.6) is 11.5 Å². The Morgan fingerprint density at radius 1 is 1.03 bits per heavy atom. The van der Waals surface area contributed by atoms with Gasteiger partial charge in [-0.15, -0.1) is 0 Å². The summed E-state index contributed by atoms with van der Waals surface area (Å²) in [6, 6.07) is 18.5. The van der Waals surface area contributed by atoms with Crippen LogP contribution in [0.3, 0.4) is 0 Å². The second kappa shape index (κ2) is 10.2. The molecule has 1 unspecified atom stereocenters. The van der Waals surface area contributed by atoms with E-state index in [9.17, 15) is 14.4 Å². The Morgan fingerprint density at radius 2 is 1.70 bits per heavy atom. The molecule has 0 aliphatic carbocycles. The van der Waals surface area contributed by atoms with Crippen molar-refractivity contribution in [3.8, 4) is 17.6 Å². The van der Waals surface area contributed by atoms with Crippen LogP contribution in [0.15, 0.2) is 65.1 Å². The van der Waals surface area contributed by atoms with Crippen LogP contribution >= 0.6 is 0 Å². The molecule has 2 heterocycles. The lowest BCUT2D eigenvalue weighted by Gasteiger charge is -2.36. The molecule has 1 aliphatic rings. The van der Waals surface area contributed by atoms with Gasteiger partial charge in [-0.2, -0.15) is 5.26 Å². The lowest BCUT2D eigenvalue weighted by molar-refractivity contribution is 0.0573. The first-order valence-electron chi connectivity index (χ1n) is 10.6. The number of methoxy groups -OCH3 is 1. The average Bonchev–Trinajstić information content (AvgIpc) is 3.34. The highest BCUT2D eigenvalue weighted by molar-refractivity contribution is 5.91. The number of hydrogen-bond acceptors (Lipinski definition) is 6. The normalized spacial score (nSPS) is 15.0. The van der Waals surface area contributed by atoms with Gasteiger partial charge >= 0.3 is 0 Å². The first-order valence-corrected chi connectivity index (χ1v) is 10.6. The Bertz CT molecular complexity index is 1110. The number of ether oxygens (including phenoxy) is 2. The number of halogens is 1. The molecule has 1 amide bonds. The minimum absolute atomic E-state index is 0.137. The van der Waals surface area contributed by atoms with Crippen LogP contribution in [-0.4, -0.2) is 49.0 Å². The number of nitrogens with zero attached hydrogens (tertiary/aromatic N) is 3. The zero-order valence-electron chi connectivity index (χ0n) is 18.2. The first-order chi connectivity index (χ1) is 16.1. The zero-order chi connectivity index (χ0) is 23.2. The van der Waals surface area contributed by atoms with Crippen LogP contribution in [0.1, 0.15) is 27.9 Å². The summed E-state index contributed by atoms with van der Waals surface area (Å²) in [5.74, 6) is 1.48. The van der Waals surface area contributed by atoms with Gasteiger partial charge < -0.3 is 18.8 Å². The fourth-order valence-corrected chi connectivity index (χ4v) is 3.75. The van der Waals surface area contributed by atoms with E-state index in [4.69, 9.17) is 13.9 Å². The van der Waals surface area contributed by atoms with Crippen LogP contribution < -0.4 is 9.47 Å². The van der Waals surface area contributed by atoms with Crippen LogP contribution in [0.4, 0.5) is 4.39 Å². The molecule has 7 nitrogen and oxygen atoms in total. The molecule has 2 aromatic carbocycles. The Labute approximate surface area is 191 Å². The van der Waals surface area contributed by atoms with Gasteiger partial charge in [0.05, 0.1) is 13.2 Å². The van der Waals surface area contributed by atoms with Crippen molar-refractivity contribution in [3.63, 3.8) is 0 Å². The van der Waals surface area contributed by atoms with Crippen molar-refractivity contribution < 1.29 is 23.1 Å². The minimum atomic E-state index is -0.382. The predicted octanol–water partition coefficient (Wildman–Crippen LogP) is 4.03. The number of benzene rings is 2. The Balaban J connectivity index is 1.31. The van der Waals surface area contributed by atoms with E-state index < -0.39 is 0 Å². The number of nitriles is 1. The molecule has 33 heavy (non-hydrogen) atoms. The number of furan rings is 1. The van der Waals surface area contributed by atoms with E-state index in [1.54, 1.807) is 24.1 Å². The third-order valence-corrected chi connectivity index (χ3v) is 5.59. The highest BCUT2D eigenvalue weighted by Crippen LogP contribution is 2.24. The topological polar surface area (TPSA) is 78.9 Å². The van der Waals surface area contributed by atoms with Gasteiger partial charge in [0, 0.05) is 26.2 Å². The number of amides is 1. The molecule has 1 fully saturated rings. The molecule has 0 bridgehead atoms. The Morgan fingerprint density at radius 3 is 2.33 bits per heavy atom. The largest absolute Gasteiger partial charge is 0.497 e. The van der Waals surface area contributed by atoms with Crippen molar-refractivity contribution in [2.45, 2.75) is 12.6 Å². The van der Waals surface area contributed by atoms with E-state index in [1.165, 1.54) is 24.3 Å². The summed E-state index contributed by atoms with van der Waals surface area (Å²) >= 11 is 0. The summed E-state index contributed by atoms with van der Waals surface area (Å²) in [6.07, 6.45) is 0. The maximum Gasteiger partial charge on any atom is 0.289 e. The number of carbonyl (C=O) groups is 1. The maximum atomic E-state index is 13.0. The lowest BCUT2D eigenvalue weighted by Crippen LogP contribution is -2.49. The molecule has 8 heteroatoms. The van der Waals surface area contributed by atoms with E-state index in [0.29, 0.717) is 37.7 Å². The zero-order valence-corrected chi connectivity index (χ0v) is 18.2. The Kier molecular flexibility index (Phi) is 6.91. The van der Waals surface area contributed by atoms with Crippen molar-refractivity contribution in [2.75, 3.05) is 33.3 Å². The summed E-state index contributed by atoms with van der Waals surface area (Å²) in [7, 11) is 1.60. The van der Waals surface area contributed by atoms with Crippen molar-refractivity contribution in [1.29, 1.82) is 5.26 Å². The number of carbonyl (C=O) groups excluding carboxylic acids is 1. The van der Waals surface area contributed by atoms with Gasteiger partial charge in [0.2, 0.25) is 0 Å². The SMILES string of the molecule is COc1ccc(C(C#N)N2CCN(C(=O)c3ccc(COc4ccc(F)cc4)o3)CC2)cc1. The van der Waals surface area contributed by atoms with Gasteiger partial charge in [0.15, 0.2) is 5.76 Å². The summed E-state index contributed by atoms with van der Waals surface area (Å²) < 4.78 is 29.4. The van der Waals surface area contributed by atoms with Gasteiger partial charge in [0.25, 0.3) is 5.91 Å². The van der Waals surface area contributed by atoms with Gasteiger partial charge in [-0.1, -0.05) is 12.1 Å². The molecule has 0 radical (unpaired) electrons. The number of hydrogen-bond donors (Lipinski definition) is 0. The molecular weight excluding hydrogens is 425 g/mol. The van der Waals surface area contributed by atoms with E-state index in [-0.39, 0.29) is 30.1 Å². The van der Waals surface area contributed by atoms with Crippen LogP contribution in [0, 0.1) is 17.1 Å². The fraction of sp³-hybridized carbons (Fsp3) is 0.280. The van der Waals surface area contributed by atoms with Gasteiger partial charge in [-0.25, -0.2) is 4.39 Å². The van der Waals surface area contributed by atoms with Crippen LogP contribution in [0.25, 0.3) is 0 Å². The number of rotatable bonds is 7. The summed E-state index contributed by atoms with van der Waals surface area (Å²) in [5, 5.41) is 9.71. The van der Waals surface area contributed by atoms with Crippen molar-refractivity contribution in [1.82, 2.24) is 9.80 Å². The van der Waals surface area contributed by atoms with E-state index in [0.717, 1.165) is 11.3 Å². The van der Waals surface area contributed by atoms with Gasteiger partial charge in [-0.3, -0.25) is 9.69 Å². The molecule has 1 atom stereocenters. The highest BCUT2D eigenvalue weighted by atomic mass is 19.1. The number of piperazine rings is 1. The molecule has 1 aliphatic heterocycles. The lowest BCUT2D eigenvalue weighted by atomic mass is 10.1. The molecular formula is C25H24FN3O4. The summed E-state index contributed by atoms with van der Waals surface area (Å²) in [4.78, 5) is 16.7. The molecule has 3 aromatic rings. The van der Waals surface area contributed by atoms with Crippen LogP contribution in [0.2, 0.25) is 0 Å². The van der Waals surface area contributed by atoms with Crippen molar-refractivity contribution in [2.24, 2.45) is 0 Å². The standard InChI is InChI=1S/C25H24FN3O4/c1-31-20-6-2-18(3-7-20)23(16-27)28-12-14-29(15-13-28)25(30)24-11-10-22(33-24)17-32-21-8-4-19(26)5-9-21/h2-11,23H,12-15,17H2,1H3. The monoisotopic (exact) mass is 449 g/mol. The van der Waals surface area contributed by atoms with Crippen LogP contribution in [-0.2, 0) is 6.61 Å². The average molecular weight is 449 g/mol. The van der Waals surface area contributed by atoms with E-state index in [1.807, 2.05) is 24.3 Å². The second-order valence-corrected chi connectivity index (χ2v) is 7.64. The van der Waals surface area contributed by atoms with E-state index >= 15 is 0 Å². The quantitative estimate of drug-likeness (QED) is 0.542. The van der Waals surface area contributed by atoms with Crippen molar-refractivity contribution >= 4 is 5.91 Å².